The molecule has 92 valence electrons. The summed E-state index contributed by atoms with van der Waals surface area (Å²) in [5, 5.41) is 0. The molecule has 2 heteroatoms. The van der Waals surface area contributed by atoms with Crippen LogP contribution in [0, 0.1) is 11.8 Å². The minimum absolute atomic E-state index is 0.0997. The van der Waals surface area contributed by atoms with Crippen LogP contribution in [0.4, 0.5) is 0 Å². The summed E-state index contributed by atoms with van der Waals surface area (Å²) in [6.45, 7) is 9.98. The number of piperidine rings is 1. The van der Waals surface area contributed by atoms with Crippen LogP contribution in [0.3, 0.4) is 0 Å². The first kappa shape index (κ1) is 13.5. The SMILES string of the molecule is CCC#CC(C)OC1CCN(CCC)CC1. The average Bonchev–Trinajstić information content (AvgIpc) is 2.29. The van der Waals surface area contributed by atoms with Crippen molar-refractivity contribution in [1.82, 2.24) is 4.90 Å². The second-order valence-corrected chi connectivity index (χ2v) is 4.49. The highest BCUT2D eigenvalue weighted by atomic mass is 16.5. The molecule has 0 radical (unpaired) electrons. The standard InChI is InChI=1S/C14H25NO/c1-4-6-7-13(3)16-14-8-11-15(10-5-2)12-9-14/h13-14H,4-5,8-12H2,1-3H3. The molecule has 0 saturated carbocycles. The summed E-state index contributed by atoms with van der Waals surface area (Å²) < 4.78 is 5.92. The first-order chi connectivity index (χ1) is 7.76. The molecule has 0 aromatic carbocycles. The zero-order valence-electron chi connectivity index (χ0n) is 11.0. The fraction of sp³-hybridized carbons (Fsp3) is 0.857. The molecule has 0 N–H and O–H groups in total. The molecular weight excluding hydrogens is 198 g/mol. The van der Waals surface area contributed by atoms with Crippen molar-refractivity contribution >= 4 is 0 Å². The fourth-order valence-corrected chi connectivity index (χ4v) is 2.15. The smallest absolute Gasteiger partial charge is 0.115 e. The van der Waals surface area contributed by atoms with Gasteiger partial charge in [0.25, 0.3) is 0 Å². The second-order valence-electron chi connectivity index (χ2n) is 4.49. The highest BCUT2D eigenvalue weighted by Crippen LogP contribution is 2.15. The number of nitrogens with zero attached hydrogens (tertiary/aromatic N) is 1. The number of hydrogen-bond donors (Lipinski definition) is 0. The van der Waals surface area contributed by atoms with Crippen molar-refractivity contribution in [1.29, 1.82) is 0 Å². The Morgan fingerprint density at radius 2 is 2.00 bits per heavy atom. The summed E-state index contributed by atoms with van der Waals surface area (Å²) in [7, 11) is 0. The van der Waals surface area contributed by atoms with Gasteiger partial charge in [-0.25, -0.2) is 0 Å². The molecule has 0 aromatic heterocycles. The maximum atomic E-state index is 5.92. The summed E-state index contributed by atoms with van der Waals surface area (Å²) in [5.41, 5.74) is 0. The van der Waals surface area contributed by atoms with Gasteiger partial charge >= 0.3 is 0 Å². The Labute approximate surface area is 100 Å². The van der Waals surface area contributed by atoms with Crippen molar-refractivity contribution in [3.05, 3.63) is 0 Å². The first-order valence-corrected chi connectivity index (χ1v) is 6.62. The normalized spacial score (nSPS) is 20.2. The van der Waals surface area contributed by atoms with Crippen molar-refractivity contribution < 1.29 is 4.74 Å². The van der Waals surface area contributed by atoms with Crippen molar-refractivity contribution in [2.75, 3.05) is 19.6 Å². The molecule has 1 fully saturated rings. The zero-order chi connectivity index (χ0) is 11.8. The van der Waals surface area contributed by atoms with Crippen LogP contribution >= 0.6 is 0 Å². The van der Waals surface area contributed by atoms with Gasteiger partial charge in [0.1, 0.15) is 6.10 Å². The molecular formula is C14H25NO. The van der Waals surface area contributed by atoms with E-state index < -0.39 is 0 Å². The van der Waals surface area contributed by atoms with Crippen LogP contribution in [-0.2, 0) is 4.74 Å². The maximum absolute atomic E-state index is 5.92. The molecule has 1 saturated heterocycles. The van der Waals surface area contributed by atoms with Gasteiger partial charge in [0.15, 0.2) is 0 Å². The van der Waals surface area contributed by atoms with Crippen molar-refractivity contribution in [2.24, 2.45) is 0 Å². The van der Waals surface area contributed by atoms with Gasteiger partial charge < -0.3 is 9.64 Å². The minimum Gasteiger partial charge on any atom is -0.362 e. The minimum atomic E-state index is 0.0997. The van der Waals surface area contributed by atoms with Crippen molar-refractivity contribution in [3.63, 3.8) is 0 Å². The summed E-state index contributed by atoms with van der Waals surface area (Å²) in [4.78, 5) is 2.53. The van der Waals surface area contributed by atoms with Crippen molar-refractivity contribution in [3.8, 4) is 11.8 Å². The summed E-state index contributed by atoms with van der Waals surface area (Å²) >= 11 is 0. The predicted molar refractivity (Wildman–Crippen MR) is 68.4 cm³/mol. The number of hydrogen-bond acceptors (Lipinski definition) is 2. The van der Waals surface area contributed by atoms with E-state index in [4.69, 9.17) is 4.74 Å². The van der Waals surface area contributed by atoms with E-state index in [0.717, 1.165) is 19.3 Å². The molecule has 1 rings (SSSR count). The van der Waals surface area contributed by atoms with E-state index in [1.165, 1.54) is 26.1 Å². The molecule has 0 spiro atoms. The van der Waals surface area contributed by atoms with Gasteiger partial charge in [0, 0.05) is 19.5 Å². The van der Waals surface area contributed by atoms with E-state index in [-0.39, 0.29) is 6.10 Å². The number of likely N-dealkylation sites (tertiary alicyclic amines) is 1. The highest BCUT2D eigenvalue weighted by molar-refractivity contribution is 5.03. The third kappa shape index (κ3) is 5.01. The van der Waals surface area contributed by atoms with Gasteiger partial charge in [0.05, 0.1) is 6.10 Å². The average molecular weight is 223 g/mol. The Morgan fingerprint density at radius 3 is 2.56 bits per heavy atom. The van der Waals surface area contributed by atoms with Crippen LogP contribution in [0.25, 0.3) is 0 Å². The maximum Gasteiger partial charge on any atom is 0.115 e. The van der Waals surface area contributed by atoms with E-state index in [2.05, 4.69) is 37.5 Å². The van der Waals surface area contributed by atoms with Crippen LogP contribution in [-0.4, -0.2) is 36.7 Å². The van der Waals surface area contributed by atoms with Crippen LogP contribution < -0.4 is 0 Å². The third-order valence-electron chi connectivity index (χ3n) is 2.95. The zero-order valence-corrected chi connectivity index (χ0v) is 11.0. The molecule has 1 atom stereocenters. The molecule has 1 heterocycles. The van der Waals surface area contributed by atoms with Crippen LogP contribution in [0.2, 0.25) is 0 Å². The Balaban J connectivity index is 2.21. The van der Waals surface area contributed by atoms with Gasteiger partial charge in [-0.2, -0.15) is 0 Å². The van der Waals surface area contributed by atoms with E-state index in [9.17, 15) is 0 Å². The van der Waals surface area contributed by atoms with Crippen LogP contribution in [0.15, 0.2) is 0 Å². The van der Waals surface area contributed by atoms with Gasteiger partial charge in [-0.1, -0.05) is 19.8 Å². The lowest BCUT2D eigenvalue weighted by atomic mass is 10.1. The topological polar surface area (TPSA) is 12.5 Å². The van der Waals surface area contributed by atoms with E-state index in [1.54, 1.807) is 0 Å². The van der Waals surface area contributed by atoms with Gasteiger partial charge in [-0.3, -0.25) is 0 Å². The second kappa shape index (κ2) is 7.70. The Hall–Kier alpha value is -0.520. The molecule has 0 aliphatic carbocycles. The summed E-state index contributed by atoms with van der Waals surface area (Å²) in [6.07, 6.45) is 5.03. The Bertz CT molecular complexity index is 233. The lowest BCUT2D eigenvalue weighted by Gasteiger charge is -2.32. The molecule has 1 unspecified atom stereocenters. The number of rotatable bonds is 4. The van der Waals surface area contributed by atoms with E-state index in [0.29, 0.717) is 6.10 Å². The molecule has 0 bridgehead atoms. The lowest BCUT2D eigenvalue weighted by Crippen LogP contribution is -2.38. The monoisotopic (exact) mass is 223 g/mol. The molecule has 2 nitrogen and oxygen atoms in total. The molecule has 1 aliphatic rings. The Morgan fingerprint density at radius 1 is 1.31 bits per heavy atom. The van der Waals surface area contributed by atoms with Gasteiger partial charge in [-0.15, -0.1) is 5.92 Å². The van der Waals surface area contributed by atoms with E-state index in [1.807, 2.05) is 0 Å². The summed E-state index contributed by atoms with van der Waals surface area (Å²) in [6, 6.07) is 0. The van der Waals surface area contributed by atoms with Gasteiger partial charge in [-0.05, 0) is 32.7 Å². The predicted octanol–water partition coefficient (Wildman–Crippen LogP) is 2.68. The number of ether oxygens (including phenoxy) is 1. The third-order valence-corrected chi connectivity index (χ3v) is 2.95. The van der Waals surface area contributed by atoms with Crippen LogP contribution in [0.1, 0.15) is 46.5 Å². The van der Waals surface area contributed by atoms with Crippen molar-refractivity contribution in [2.45, 2.75) is 58.7 Å². The van der Waals surface area contributed by atoms with Gasteiger partial charge in [0.2, 0.25) is 0 Å². The quantitative estimate of drug-likeness (QED) is 0.679. The molecule has 1 aliphatic heterocycles. The van der Waals surface area contributed by atoms with E-state index >= 15 is 0 Å². The molecule has 0 amide bonds. The first-order valence-electron chi connectivity index (χ1n) is 6.62. The molecule has 16 heavy (non-hydrogen) atoms. The largest absolute Gasteiger partial charge is 0.362 e. The fourth-order valence-electron chi connectivity index (χ4n) is 2.15. The highest BCUT2D eigenvalue weighted by Gasteiger charge is 2.20. The van der Waals surface area contributed by atoms with Crippen LogP contribution in [0.5, 0.6) is 0 Å². The molecule has 0 aromatic rings. The summed E-state index contributed by atoms with van der Waals surface area (Å²) in [5.74, 6) is 6.21. The Kier molecular flexibility index (Phi) is 6.52. The lowest BCUT2D eigenvalue weighted by molar-refractivity contribution is -0.0118.